The molecular formula is C47H54FN9O5. The molecule has 4 amide bonds. The Hall–Kier alpha value is -6.06. The van der Waals surface area contributed by atoms with E-state index in [2.05, 4.69) is 48.2 Å². The molecule has 0 unspecified atom stereocenters. The van der Waals surface area contributed by atoms with Crippen LogP contribution in [0.2, 0.25) is 0 Å². The molecule has 3 aromatic carbocycles. The van der Waals surface area contributed by atoms with Crippen LogP contribution < -0.4 is 20.9 Å². The molecule has 4 saturated heterocycles. The number of para-hydroxylation sites is 1. The van der Waals surface area contributed by atoms with Gasteiger partial charge in [-0.25, -0.2) is 9.18 Å². The summed E-state index contributed by atoms with van der Waals surface area (Å²) in [5.74, 6) is 0.174. The number of hydrogen-bond donors (Lipinski definition) is 3. The summed E-state index contributed by atoms with van der Waals surface area (Å²) in [4.78, 5) is 45.7. The topological polar surface area (TPSA) is 162 Å². The van der Waals surface area contributed by atoms with Crippen molar-refractivity contribution in [2.24, 2.45) is 0 Å². The van der Waals surface area contributed by atoms with Crippen LogP contribution in [0.4, 0.5) is 26.4 Å². The fourth-order valence-corrected chi connectivity index (χ4v) is 10.0. The van der Waals surface area contributed by atoms with E-state index in [-0.39, 0.29) is 48.1 Å². The quantitative estimate of drug-likeness (QED) is 0.151. The number of methoxy groups -OCH3 is 1. The largest absolute Gasteiger partial charge is 0.507 e. The third kappa shape index (κ3) is 8.18. The number of piperidine rings is 3. The first kappa shape index (κ1) is 41.3. The number of nitrogens with zero attached hydrogens (tertiary/aromatic N) is 7. The van der Waals surface area contributed by atoms with Crippen molar-refractivity contribution in [3.05, 3.63) is 95.7 Å². The molecule has 0 radical (unpaired) electrons. The predicted molar refractivity (Wildman–Crippen MR) is 236 cm³/mol. The first-order valence-electron chi connectivity index (χ1n) is 21.7. The first-order chi connectivity index (χ1) is 30.0. The van der Waals surface area contributed by atoms with Gasteiger partial charge in [0.2, 0.25) is 5.91 Å². The molecule has 4 N–H and O–H groups in total. The van der Waals surface area contributed by atoms with Crippen LogP contribution in [0, 0.1) is 6.92 Å². The Balaban J connectivity index is 0.782. The van der Waals surface area contributed by atoms with Gasteiger partial charge >= 0.3 is 6.03 Å². The molecule has 0 bridgehead atoms. The van der Waals surface area contributed by atoms with Crippen molar-refractivity contribution >= 4 is 45.9 Å². The molecule has 62 heavy (non-hydrogen) atoms. The second-order valence-electron chi connectivity index (χ2n) is 17.4. The zero-order chi connectivity index (χ0) is 43.1. The number of anilines is 3. The van der Waals surface area contributed by atoms with Gasteiger partial charge in [-0.3, -0.25) is 19.8 Å². The fourth-order valence-electron chi connectivity index (χ4n) is 10.0. The van der Waals surface area contributed by atoms with E-state index in [4.69, 9.17) is 10.5 Å². The molecule has 2 atom stereocenters. The second kappa shape index (κ2) is 17.0. The van der Waals surface area contributed by atoms with Gasteiger partial charge in [0.25, 0.3) is 5.91 Å². The third-order valence-electron chi connectivity index (χ3n) is 13.6. The zero-order valence-electron chi connectivity index (χ0n) is 35.3. The molecule has 2 aromatic heterocycles. The number of carbonyl (C=O) groups is 3. The highest BCUT2D eigenvalue weighted by Crippen LogP contribution is 2.38. The number of aryl methyl sites for hydroxylation is 1. The molecule has 0 aliphatic carbocycles. The van der Waals surface area contributed by atoms with Gasteiger partial charge in [-0.05, 0) is 85.8 Å². The van der Waals surface area contributed by atoms with Crippen molar-refractivity contribution in [3.63, 3.8) is 0 Å². The van der Waals surface area contributed by atoms with Gasteiger partial charge in [0.1, 0.15) is 11.4 Å². The molecule has 0 spiro atoms. The minimum atomic E-state index is -1.35. The van der Waals surface area contributed by atoms with Gasteiger partial charge in [0.15, 0.2) is 5.82 Å². The van der Waals surface area contributed by atoms with Crippen molar-refractivity contribution in [3.8, 4) is 17.0 Å². The Morgan fingerprint density at radius 2 is 1.71 bits per heavy atom. The van der Waals surface area contributed by atoms with Crippen molar-refractivity contribution in [1.82, 2.24) is 29.9 Å². The summed E-state index contributed by atoms with van der Waals surface area (Å²) in [6.45, 7) is 6.34. The van der Waals surface area contributed by atoms with Crippen molar-refractivity contribution < 1.29 is 28.6 Å². The number of benzene rings is 3. The number of rotatable bonds is 9. The molecule has 4 aliphatic heterocycles. The Kier molecular flexibility index (Phi) is 11.3. The highest BCUT2D eigenvalue weighted by Gasteiger charge is 2.39. The minimum Gasteiger partial charge on any atom is -0.507 e. The van der Waals surface area contributed by atoms with Gasteiger partial charge in [0, 0.05) is 125 Å². The third-order valence-corrected chi connectivity index (χ3v) is 13.6. The summed E-state index contributed by atoms with van der Waals surface area (Å²) in [6, 6.07) is 22.7. The molecule has 324 valence electrons. The summed E-state index contributed by atoms with van der Waals surface area (Å²) in [5.41, 5.74) is 11.4. The van der Waals surface area contributed by atoms with Crippen LogP contribution >= 0.6 is 0 Å². The number of alkyl halides is 1. The molecular weight excluding hydrogens is 790 g/mol. The Morgan fingerprint density at radius 3 is 2.44 bits per heavy atom. The zero-order valence-corrected chi connectivity index (χ0v) is 35.3. The number of imide groups is 1. The number of aromatic hydroxyl groups is 1. The van der Waals surface area contributed by atoms with Crippen LogP contribution in [0.15, 0.2) is 79.0 Å². The van der Waals surface area contributed by atoms with E-state index < -0.39 is 5.67 Å². The van der Waals surface area contributed by atoms with E-state index in [0.29, 0.717) is 74.7 Å². The monoisotopic (exact) mass is 843 g/mol. The lowest BCUT2D eigenvalue weighted by Gasteiger charge is -2.41. The highest BCUT2D eigenvalue weighted by atomic mass is 19.1. The number of carbonyl (C=O) groups excluding carboxylic acids is 3. The number of nitrogen functional groups attached to an aromatic ring is 1. The van der Waals surface area contributed by atoms with Crippen molar-refractivity contribution in [1.29, 1.82) is 0 Å². The van der Waals surface area contributed by atoms with Gasteiger partial charge < -0.3 is 34.8 Å². The highest BCUT2D eigenvalue weighted by molar-refractivity contribution is 6.07. The molecule has 5 aromatic rings. The number of ether oxygens (including phenoxy) is 1. The Bertz CT molecular complexity index is 2480. The molecule has 4 aliphatic rings. The van der Waals surface area contributed by atoms with E-state index in [1.807, 2.05) is 49.4 Å². The number of urea groups is 1. The number of aromatic nitrogens is 3. The molecule has 0 saturated carbocycles. The summed E-state index contributed by atoms with van der Waals surface area (Å²) < 4.78 is 24.6. The number of hydrogen-bond acceptors (Lipinski definition) is 10. The maximum atomic E-state index is 16.4. The van der Waals surface area contributed by atoms with Crippen molar-refractivity contribution in [2.75, 3.05) is 75.0 Å². The smallest absolute Gasteiger partial charge is 0.328 e. The van der Waals surface area contributed by atoms with E-state index >= 15 is 4.39 Å². The van der Waals surface area contributed by atoms with Crippen LogP contribution in [-0.2, 0) is 9.53 Å². The SMILES string of the molecule is CO[C@@H]1C[C@H](c2ccc(C(=O)N3CCC(F)(CN4CCC(n5ccc6c(C)c(N7CCC(=O)NC7=O)ccc65)CC4)CC3)cc2)CN(c2cc(-c3ccccc3O)nnc2N)C1. The second-order valence-corrected chi connectivity index (χ2v) is 17.4. The maximum Gasteiger partial charge on any atom is 0.328 e. The number of amides is 4. The minimum absolute atomic E-state index is 0.0663. The first-order valence-corrected chi connectivity index (χ1v) is 21.7. The van der Waals surface area contributed by atoms with Gasteiger partial charge in [-0.2, -0.15) is 0 Å². The van der Waals surface area contributed by atoms with Gasteiger partial charge in [-0.15, -0.1) is 10.2 Å². The lowest BCUT2D eigenvalue weighted by atomic mass is 9.88. The lowest BCUT2D eigenvalue weighted by molar-refractivity contribution is -0.120. The van der Waals surface area contributed by atoms with E-state index in [1.165, 1.54) is 0 Å². The predicted octanol–water partition coefficient (Wildman–Crippen LogP) is 6.43. The maximum absolute atomic E-state index is 16.4. The van der Waals surface area contributed by atoms with Crippen LogP contribution in [0.25, 0.3) is 22.2 Å². The van der Waals surface area contributed by atoms with Crippen LogP contribution in [0.3, 0.4) is 0 Å². The standard InChI is InChI=1S/C47H54FN9O5/c1-30-36-15-21-56(40(36)12-11-39(30)57-22-16-43(59)50-46(57)61)34-13-19-53(20-14-34)29-47(48)17-23-54(24-18-47)45(60)32-9-7-31(8-10-32)33-25-35(62-2)28-55(27-33)41-26-38(51-52-44(41)49)37-5-3-4-6-42(37)58/h3-12,15,21,26,33-35,58H,13-14,16-20,22-25,27-29H2,1-2H3,(H2,49,52)(H,50,59,61)/t33-,35+/m0/s1. The summed E-state index contributed by atoms with van der Waals surface area (Å²) >= 11 is 0. The van der Waals surface area contributed by atoms with E-state index in [1.54, 1.807) is 35.1 Å². The van der Waals surface area contributed by atoms with Crippen LogP contribution in [-0.4, -0.2) is 119 Å². The summed E-state index contributed by atoms with van der Waals surface area (Å²) in [5, 5.41) is 22.4. The molecule has 4 fully saturated rings. The fraction of sp³-hybridized carbons (Fsp3) is 0.426. The summed E-state index contributed by atoms with van der Waals surface area (Å²) in [7, 11) is 1.71. The molecule has 15 heteroatoms. The van der Waals surface area contributed by atoms with Gasteiger partial charge in [0.05, 0.1) is 17.5 Å². The number of phenolic OH excluding ortho intramolecular Hbond substituents is 1. The Labute approximate surface area is 360 Å². The van der Waals surface area contributed by atoms with Crippen molar-refractivity contribution in [2.45, 2.75) is 69.2 Å². The number of phenols is 1. The van der Waals surface area contributed by atoms with E-state index in [9.17, 15) is 19.5 Å². The number of halogens is 1. The Morgan fingerprint density at radius 1 is 0.952 bits per heavy atom. The lowest BCUT2D eigenvalue weighted by Crippen LogP contribution is -2.51. The van der Waals surface area contributed by atoms with Crippen LogP contribution in [0.5, 0.6) is 5.75 Å². The number of nitrogens with one attached hydrogen (secondary N) is 1. The number of likely N-dealkylation sites (tertiary alicyclic amines) is 2. The molecule has 9 rings (SSSR count). The molecule has 6 heterocycles. The summed E-state index contributed by atoms with van der Waals surface area (Å²) in [6.07, 6.45) is 5.54. The normalized spacial score (nSPS) is 21.4. The van der Waals surface area contributed by atoms with Crippen LogP contribution in [0.1, 0.15) is 72.0 Å². The molecule has 14 nitrogen and oxygen atoms in total. The average molecular weight is 844 g/mol. The average Bonchev–Trinajstić information content (AvgIpc) is 3.72. The van der Waals surface area contributed by atoms with E-state index in [0.717, 1.165) is 65.8 Å². The van der Waals surface area contributed by atoms with Gasteiger partial charge in [-0.1, -0.05) is 24.3 Å². The number of fused-ring (bicyclic) bond motifs is 1. The number of nitrogens with two attached hydrogens (primary N) is 1.